The van der Waals surface area contributed by atoms with Gasteiger partial charge in [-0.2, -0.15) is 9.19 Å². The summed E-state index contributed by atoms with van der Waals surface area (Å²) in [6.07, 6.45) is 1.49. The summed E-state index contributed by atoms with van der Waals surface area (Å²) in [6, 6.07) is 12.9. The zero-order valence-corrected chi connectivity index (χ0v) is 18.3. The molecule has 0 spiro atoms. The molecule has 1 heterocycles. The van der Waals surface area contributed by atoms with Crippen LogP contribution in [0.4, 0.5) is 0 Å². The lowest BCUT2D eigenvalue weighted by Crippen LogP contribution is -2.20. The first-order valence-electron chi connectivity index (χ1n) is 8.52. The van der Waals surface area contributed by atoms with Crippen LogP contribution in [0.1, 0.15) is 12.5 Å². The number of aromatic nitrogens is 4. The second kappa shape index (κ2) is 10.2. The van der Waals surface area contributed by atoms with Gasteiger partial charge in [0.25, 0.3) is 5.91 Å². The van der Waals surface area contributed by atoms with Gasteiger partial charge in [-0.1, -0.05) is 30.3 Å². The Hall–Kier alpha value is -2.67. The van der Waals surface area contributed by atoms with Crippen LogP contribution in [0.2, 0.25) is 0 Å². The number of ether oxygens (including phenoxy) is 1. The van der Waals surface area contributed by atoms with Crippen molar-refractivity contribution < 1.29 is 14.6 Å². The Morgan fingerprint density at radius 1 is 1.38 bits per heavy atom. The standard InChI is InChI=1S/C18H17IN6O3S/c1-2-28-15-9-12(8-14(19)17(15)27)10-20-21-16(26)11-29-25-18(22-23-24-25)13-6-4-3-5-7-13/h3-10,27H,2,11H2,1H3,(H,21,26)/b20-10+. The van der Waals surface area contributed by atoms with Crippen LogP contribution in [-0.2, 0) is 4.79 Å². The molecule has 0 aliphatic heterocycles. The fourth-order valence-electron chi connectivity index (χ4n) is 2.29. The number of rotatable bonds is 8. The monoisotopic (exact) mass is 524 g/mol. The topological polar surface area (TPSA) is 115 Å². The molecule has 0 saturated heterocycles. The molecule has 0 saturated carbocycles. The fraction of sp³-hybridized carbons (Fsp3) is 0.167. The minimum atomic E-state index is -0.306. The quantitative estimate of drug-likeness (QED) is 0.265. The van der Waals surface area contributed by atoms with Crippen molar-refractivity contribution in [2.45, 2.75) is 6.92 Å². The molecular formula is C18H17IN6O3S. The van der Waals surface area contributed by atoms with Gasteiger partial charge in [0.1, 0.15) is 0 Å². The fourth-order valence-corrected chi connectivity index (χ4v) is 3.56. The number of benzene rings is 2. The Balaban J connectivity index is 1.57. The molecule has 0 aliphatic carbocycles. The molecule has 1 aromatic heterocycles. The molecule has 3 aromatic rings. The molecule has 0 unspecified atom stereocenters. The molecule has 2 N–H and O–H groups in total. The van der Waals surface area contributed by atoms with Crippen LogP contribution in [0.5, 0.6) is 11.5 Å². The van der Waals surface area contributed by atoms with Gasteiger partial charge in [-0.25, -0.2) is 5.43 Å². The number of aromatic hydroxyl groups is 1. The average molecular weight is 524 g/mol. The average Bonchev–Trinajstić information content (AvgIpc) is 3.19. The summed E-state index contributed by atoms with van der Waals surface area (Å²) >= 11 is 3.16. The van der Waals surface area contributed by atoms with Gasteiger partial charge < -0.3 is 9.84 Å². The van der Waals surface area contributed by atoms with Gasteiger partial charge >= 0.3 is 0 Å². The van der Waals surface area contributed by atoms with Crippen LogP contribution < -0.4 is 10.2 Å². The molecule has 11 heteroatoms. The highest BCUT2D eigenvalue weighted by Gasteiger charge is 2.11. The van der Waals surface area contributed by atoms with Crippen LogP contribution >= 0.6 is 34.5 Å². The highest BCUT2D eigenvalue weighted by molar-refractivity contribution is 14.1. The van der Waals surface area contributed by atoms with E-state index < -0.39 is 0 Å². The van der Waals surface area contributed by atoms with E-state index in [9.17, 15) is 9.90 Å². The van der Waals surface area contributed by atoms with Crippen LogP contribution in [0.3, 0.4) is 0 Å². The van der Waals surface area contributed by atoms with Crippen LogP contribution in [0.15, 0.2) is 47.6 Å². The molecule has 2 aromatic carbocycles. The first kappa shape index (κ1) is 21.0. The number of amides is 1. The number of phenols is 1. The summed E-state index contributed by atoms with van der Waals surface area (Å²) in [7, 11) is 0. The molecule has 1 amide bonds. The molecule has 150 valence electrons. The van der Waals surface area contributed by atoms with Gasteiger partial charge in [0.15, 0.2) is 17.3 Å². The van der Waals surface area contributed by atoms with Crippen molar-refractivity contribution in [2.75, 3.05) is 12.4 Å². The van der Waals surface area contributed by atoms with Gasteiger partial charge in [-0.15, -0.1) is 5.10 Å². The Morgan fingerprint density at radius 2 is 2.17 bits per heavy atom. The number of nitrogens with one attached hydrogen (secondary N) is 1. The summed E-state index contributed by atoms with van der Waals surface area (Å²) < 4.78 is 7.51. The predicted molar refractivity (Wildman–Crippen MR) is 119 cm³/mol. The number of phenolic OH excluding ortho intramolecular Hbond substituents is 1. The van der Waals surface area contributed by atoms with Gasteiger partial charge in [0.2, 0.25) is 0 Å². The van der Waals surface area contributed by atoms with E-state index in [0.717, 1.165) is 17.5 Å². The summed E-state index contributed by atoms with van der Waals surface area (Å²) in [6.45, 7) is 2.26. The van der Waals surface area contributed by atoms with Crippen molar-refractivity contribution in [1.82, 2.24) is 25.0 Å². The van der Waals surface area contributed by atoms with Crippen molar-refractivity contribution in [3.8, 4) is 22.9 Å². The van der Waals surface area contributed by atoms with E-state index in [1.807, 2.05) is 59.8 Å². The normalized spacial score (nSPS) is 11.0. The zero-order valence-electron chi connectivity index (χ0n) is 15.3. The van der Waals surface area contributed by atoms with Crippen molar-refractivity contribution >= 4 is 46.7 Å². The van der Waals surface area contributed by atoms with E-state index in [-0.39, 0.29) is 17.4 Å². The predicted octanol–water partition coefficient (Wildman–Crippen LogP) is 2.70. The Morgan fingerprint density at radius 3 is 2.93 bits per heavy atom. The van der Waals surface area contributed by atoms with Gasteiger partial charge in [0, 0.05) is 5.56 Å². The first-order chi connectivity index (χ1) is 14.1. The molecular weight excluding hydrogens is 507 g/mol. The summed E-state index contributed by atoms with van der Waals surface area (Å²) in [4.78, 5) is 12.1. The minimum absolute atomic E-state index is 0.0829. The van der Waals surface area contributed by atoms with E-state index in [4.69, 9.17) is 4.74 Å². The maximum atomic E-state index is 12.1. The van der Waals surface area contributed by atoms with Crippen molar-refractivity contribution in [3.05, 3.63) is 51.6 Å². The Labute approximate surface area is 184 Å². The number of tetrazole rings is 1. The molecule has 0 atom stereocenters. The van der Waals surface area contributed by atoms with Gasteiger partial charge in [0.05, 0.1) is 22.1 Å². The Kier molecular flexibility index (Phi) is 7.41. The summed E-state index contributed by atoms with van der Waals surface area (Å²) in [5.41, 5.74) is 4.01. The summed E-state index contributed by atoms with van der Waals surface area (Å²) in [5.74, 6) is 0.795. The van der Waals surface area contributed by atoms with Gasteiger partial charge in [-0.3, -0.25) is 4.79 Å². The van der Waals surface area contributed by atoms with Crippen molar-refractivity contribution in [3.63, 3.8) is 0 Å². The van der Waals surface area contributed by atoms with Gasteiger partial charge in [-0.05, 0) is 69.6 Å². The highest BCUT2D eigenvalue weighted by Crippen LogP contribution is 2.32. The molecule has 3 rings (SSSR count). The number of hydrogen-bond donors (Lipinski definition) is 2. The van der Waals surface area contributed by atoms with Crippen LogP contribution in [0.25, 0.3) is 11.4 Å². The summed E-state index contributed by atoms with van der Waals surface area (Å²) in [5, 5.41) is 25.5. The molecule has 0 radical (unpaired) electrons. The second-order valence-electron chi connectivity index (χ2n) is 5.59. The number of nitrogens with zero attached hydrogens (tertiary/aromatic N) is 5. The lowest BCUT2D eigenvalue weighted by Gasteiger charge is -2.08. The van der Waals surface area contributed by atoms with E-state index in [2.05, 4.69) is 26.1 Å². The third-order valence-electron chi connectivity index (χ3n) is 3.55. The van der Waals surface area contributed by atoms with Crippen LogP contribution in [0, 0.1) is 3.57 Å². The van der Waals surface area contributed by atoms with E-state index in [1.165, 1.54) is 10.3 Å². The van der Waals surface area contributed by atoms with Crippen LogP contribution in [-0.4, -0.2) is 49.2 Å². The molecule has 0 aliphatic rings. The SMILES string of the molecule is CCOc1cc(/C=N/NC(=O)CSn2nnnc2-c2ccccc2)cc(I)c1O. The third kappa shape index (κ3) is 5.67. The number of halogens is 1. The Bertz CT molecular complexity index is 1010. The number of hydrogen-bond acceptors (Lipinski definition) is 8. The second-order valence-corrected chi connectivity index (χ2v) is 7.65. The number of hydrazone groups is 1. The highest BCUT2D eigenvalue weighted by atomic mass is 127. The molecule has 0 bridgehead atoms. The first-order valence-corrected chi connectivity index (χ1v) is 10.5. The number of carbonyl (C=O) groups excluding carboxylic acids is 1. The smallest absolute Gasteiger partial charge is 0.251 e. The lowest BCUT2D eigenvalue weighted by molar-refractivity contribution is -0.118. The molecule has 0 fully saturated rings. The van der Waals surface area contributed by atoms with Crippen molar-refractivity contribution in [2.24, 2.45) is 5.10 Å². The zero-order chi connectivity index (χ0) is 20.6. The van der Waals surface area contributed by atoms with E-state index in [1.54, 1.807) is 12.1 Å². The van der Waals surface area contributed by atoms with Crippen molar-refractivity contribution in [1.29, 1.82) is 0 Å². The van der Waals surface area contributed by atoms with E-state index in [0.29, 0.717) is 27.3 Å². The lowest BCUT2D eigenvalue weighted by atomic mass is 10.2. The number of carbonyl (C=O) groups is 1. The van der Waals surface area contributed by atoms with E-state index >= 15 is 0 Å². The molecule has 9 nitrogen and oxygen atoms in total. The molecule has 29 heavy (non-hydrogen) atoms. The minimum Gasteiger partial charge on any atom is -0.504 e. The third-order valence-corrected chi connectivity index (χ3v) is 5.25. The maximum absolute atomic E-state index is 12.1. The maximum Gasteiger partial charge on any atom is 0.251 e. The largest absolute Gasteiger partial charge is 0.504 e.